The van der Waals surface area contributed by atoms with E-state index in [0.29, 0.717) is 35.8 Å². The van der Waals surface area contributed by atoms with Crippen molar-refractivity contribution in [1.82, 2.24) is 10.3 Å². The Morgan fingerprint density at radius 2 is 1.63 bits per heavy atom. The number of fused-ring (bicyclic) bond motifs is 7. The first-order chi connectivity index (χ1) is 24.1. The molecule has 9 atom stereocenters. The van der Waals surface area contributed by atoms with Crippen LogP contribution in [0.4, 0.5) is 0 Å². The van der Waals surface area contributed by atoms with E-state index in [0.717, 1.165) is 55.4 Å². The second-order valence-corrected chi connectivity index (χ2v) is 18.6. The average molecular weight is 689 g/mol. The molecular formula is C46H60N2O3. The minimum atomic E-state index is -0.879. The van der Waals surface area contributed by atoms with Crippen LogP contribution in [-0.2, 0) is 11.2 Å². The van der Waals surface area contributed by atoms with E-state index in [9.17, 15) is 14.7 Å². The van der Waals surface area contributed by atoms with E-state index in [1.54, 1.807) is 12.1 Å². The third-order valence-corrected chi connectivity index (χ3v) is 16.3. The number of carboxylic acid groups (broad SMARTS) is 1. The zero-order valence-corrected chi connectivity index (χ0v) is 32.0. The maximum absolute atomic E-state index is 14.6. The van der Waals surface area contributed by atoms with Crippen molar-refractivity contribution in [2.24, 2.45) is 56.7 Å². The smallest absolute Gasteiger partial charge is 0.335 e. The standard InChI is InChI=1S/C46H60N2O3/c1-29(2)30(3)34-18-24-46(41(51)48-28-21-33-11-9-10-27-47-33)26-25-44(7)36(39(34)46)16-17-38-43(6)22-19-35(31-12-14-32(15-13-31)40(49)50)42(4,5)37(43)20-23-45(38,44)8/h9-15,19,27,34,36-39H,1,3,16-18,20-26,28H2,2,4-8H3,(H,48,51)(H,49,50). The molecule has 4 saturated carbocycles. The third kappa shape index (κ3) is 5.33. The number of hydrogen-bond acceptors (Lipinski definition) is 3. The van der Waals surface area contributed by atoms with Gasteiger partial charge in [-0.1, -0.05) is 77.6 Å². The Balaban J connectivity index is 1.20. The van der Waals surface area contributed by atoms with Crippen molar-refractivity contribution >= 4 is 17.4 Å². The molecule has 1 heterocycles. The number of nitrogens with zero attached hydrogens (tertiary/aromatic N) is 1. The predicted octanol–water partition coefficient (Wildman–Crippen LogP) is 10.3. The number of hydrogen-bond donors (Lipinski definition) is 2. The van der Waals surface area contributed by atoms with Crippen molar-refractivity contribution < 1.29 is 14.7 Å². The number of carbonyl (C=O) groups is 2. The second-order valence-electron chi connectivity index (χ2n) is 18.6. The Labute approximate surface area is 306 Å². The van der Waals surface area contributed by atoms with Crippen molar-refractivity contribution in [2.75, 3.05) is 6.54 Å². The Hall–Kier alpha value is -3.47. The van der Waals surface area contributed by atoms with Crippen LogP contribution in [0.2, 0.25) is 0 Å². The van der Waals surface area contributed by atoms with Crippen LogP contribution in [-0.4, -0.2) is 28.5 Å². The van der Waals surface area contributed by atoms with E-state index < -0.39 is 5.97 Å². The zero-order valence-electron chi connectivity index (χ0n) is 32.0. The average Bonchev–Trinajstić information content (AvgIpc) is 3.49. The molecule has 7 rings (SSSR count). The zero-order chi connectivity index (χ0) is 36.6. The van der Waals surface area contributed by atoms with Gasteiger partial charge in [0.2, 0.25) is 5.91 Å². The molecule has 5 heteroatoms. The van der Waals surface area contributed by atoms with Crippen LogP contribution in [0.5, 0.6) is 0 Å². The highest BCUT2D eigenvalue weighted by Crippen LogP contribution is 2.77. The van der Waals surface area contributed by atoms with Crippen LogP contribution in [0.15, 0.2) is 79.0 Å². The lowest BCUT2D eigenvalue weighted by atomic mass is 9.32. The topological polar surface area (TPSA) is 79.3 Å². The molecule has 0 radical (unpaired) electrons. The van der Waals surface area contributed by atoms with Gasteiger partial charge in [0.1, 0.15) is 0 Å². The molecular weight excluding hydrogens is 629 g/mol. The quantitative estimate of drug-likeness (QED) is 0.271. The molecule has 2 N–H and O–H groups in total. The number of amides is 1. The van der Waals surface area contributed by atoms with Gasteiger partial charge < -0.3 is 10.4 Å². The molecule has 1 amide bonds. The van der Waals surface area contributed by atoms with Gasteiger partial charge in [0, 0.05) is 24.9 Å². The van der Waals surface area contributed by atoms with E-state index in [1.807, 2.05) is 36.5 Å². The summed E-state index contributed by atoms with van der Waals surface area (Å²) in [5.41, 5.74) is 6.20. The fourth-order valence-electron chi connectivity index (χ4n) is 13.6. The van der Waals surface area contributed by atoms with Gasteiger partial charge in [0.05, 0.1) is 11.0 Å². The largest absolute Gasteiger partial charge is 0.478 e. The van der Waals surface area contributed by atoms with Crippen molar-refractivity contribution in [3.05, 3.63) is 95.9 Å². The van der Waals surface area contributed by atoms with Crippen LogP contribution in [0, 0.1) is 56.7 Å². The molecule has 5 aliphatic rings. The van der Waals surface area contributed by atoms with Crippen molar-refractivity contribution in [3.63, 3.8) is 0 Å². The first-order valence-corrected chi connectivity index (χ1v) is 19.7. The van der Waals surface area contributed by atoms with Crippen LogP contribution >= 0.6 is 0 Å². The lowest BCUT2D eigenvalue weighted by molar-refractivity contribution is -0.225. The number of nitrogens with one attached hydrogen (secondary N) is 1. The summed E-state index contributed by atoms with van der Waals surface area (Å²) >= 11 is 0. The highest BCUT2D eigenvalue weighted by atomic mass is 16.4. The first-order valence-electron chi connectivity index (χ1n) is 19.7. The van der Waals surface area contributed by atoms with Gasteiger partial charge in [0.15, 0.2) is 0 Å². The van der Waals surface area contributed by atoms with Gasteiger partial charge in [0.25, 0.3) is 0 Å². The first kappa shape index (κ1) is 35.9. The summed E-state index contributed by atoms with van der Waals surface area (Å²) in [4.78, 5) is 30.6. The Kier molecular flexibility index (Phi) is 8.87. The summed E-state index contributed by atoms with van der Waals surface area (Å²) in [6, 6.07) is 13.5. The number of pyridine rings is 1. The number of aromatic nitrogens is 1. The normalized spacial score (nSPS) is 37.8. The lowest BCUT2D eigenvalue weighted by Gasteiger charge is -2.72. The Morgan fingerprint density at radius 1 is 0.882 bits per heavy atom. The molecule has 1 aromatic carbocycles. The van der Waals surface area contributed by atoms with Gasteiger partial charge in [-0.25, -0.2) is 4.79 Å². The summed E-state index contributed by atoms with van der Waals surface area (Å²) in [7, 11) is 0. The second kappa shape index (κ2) is 12.6. The van der Waals surface area contributed by atoms with Crippen molar-refractivity contribution in [3.8, 4) is 0 Å². The van der Waals surface area contributed by atoms with Crippen molar-refractivity contribution in [1.29, 1.82) is 0 Å². The summed E-state index contributed by atoms with van der Waals surface area (Å²) in [5.74, 6) is 1.56. The fraction of sp³-hybridized carbons (Fsp3) is 0.587. The number of aromatic carboxylic acids is 1. The molecule has 0 saturated heterocycles. The molecule has 0 bridgehead atoms. The van der Waals surface area contributed by atoms with E-state index in [1.165, 1.54) is 36.8 Å². The SMILES string of the molecule is C=C(C)C(=C)C1CCC2(C(=O)NCCc3ccccn3)CCC3(C)C(CCC4C5(C)CC=C(c6ccc(C(=O)O)cc6)C(C)(C)C5CCC43C)C12. The van der Waals surface area contributed by atoms with Crippen molar-refractivity contribution in [2.45, 2.75) is 106 Å². The summed E-state index contributed by atoms with van der Waals surface area (Å²) < 4.78 is 0. The number of carboxylic acids is 1. The lowest BCUT2D eigenvalue weighted by Crippen LogP contribution is -2.66. The molecule has 51 heavy (non-hydrogen) atoms. The van der Waals surface area contributed by atoms with Gasteiger partial charge >= 0.3 is 5.97 Å². The molecule has 272 valence electrons. The molecule has 4 fully saturated rings. The maximum Gasteiger partial charge on any atom is 0.335 e. The van der Waals surface area contributed by atoms with Gasteiger partial charge in [-0.15, -0.1) is 0 Å². The monoisotopic (exact) mass is 688 g/mol. The highest BCUT2D eigenvalue weighted by Gasteiger charge is 2.71. The minimum absolute atomic E-state index is 0.0261. The molecule has 0 spiro atoms. The highest BCUT2D eigenvalue weighted by molar-refractivity contribution is 5.88. The summed E-state index contributed by atoms with van der Waals surface area (Å²) in [6.45, 7) is 24.5. The van der Waals surface area contributed by atoms with Gasteiger partial charge in [-0.2, -0.15) is 0 Å². The number of carbonyl (C=O) groups excluding carboxylic acids is 1. The van der Waals surface area contributed by atoms with Gasteiger partial charge in [-0.05, 0) is 157 Å². The molecule has 5 nitrogen and oxygen atoms in total. The van der Waals surface area contributed by atoms with E-state index in [-0.39, 0.29) is 38.9 Å². The Bertz CT molecular complexity index is 1760. The Morgan fingerprint density at radius 3 is 2.29 bits per heavy atom. The maximum atomic E-state index is 14.6. The predicted molar refractivity (Wildman–Crippen MR) is 206 cm³/mol. The molecule has 1 aromatic heterocycles. The number of benzene rings is 1. The van der Waals surface area contributed by atoms with E-state index in [4.69, 9.17) is 0 Å². The van der Waals surface area contributed by atoms with Crippen LogP contribution in [0.25, 0.3) is 5.57 Å². The minimum Gasteiger partial charge on any atom is -0.478 e. The molecule has 9 unspecified atom stereocenters. The number of allylic oxidation sites excluding steroid dienone is 4. The number of rotatable bonds is 8. The summed E-state index contributed by atoms with van der Waals surface area (Å²) in [6.07, 6.45) is 14.9. The third-order valence-electron chi connectivity index (χ3n) is 16.3. The van der Waals surface area contributed by atoms with Gasteiger partial charge in [-0.3, -0.25) is 9.78 Å². The molecule has 0 aliphatic heterocycles. The van der Waals surface area contributed by atoms with E-state index >= 15 is 0 Å². The van der Waals surface area contributed by atoms with E-state index in [2.05, 4.69) is 71.1 Å². The van der Waals surface area contributed by atoms with Crippen LogP contribution in [0.1, 0.15) is 121 Å². The summed E-state index contributed by atoms with van der Waals surface area (Å²) in [5, 5.41) is 12.9. The van der Waals surface area contributed by atoms with Crippen LogP contribution < -0.4 is 5.32 Å². The fourth-order valence-corrected chi connectivity index (χ4v) is 13.6. The van der Waals surface area contributed by atoms with Crippen LogP contribution in [0.3, 0.4) is 0 Å². The molecule has 5 aliphatic carbocycles. The molecule has 2 aromatic rings.